The van der Waals surface area contributed by atoms with Gasteiger partial charge in [-0.1, -0.05) is 45.4 Å². The molecule has 154 valence electrons. The zero-order valence-corrected chi connectivity index (χ0v) is 15.4. The third kappa shape index (κ3) is 8.12. The summed E-state index contributed by atoms with van der Waals surface area (Å²) in [6.45, 7) is 1.97. The number of rotatable bonds is 11. The Labute approximate surface area is 145 Å². The molecule has 0 saturated carbocycles. The van der Waals surface area contributed by atoms with Gasteiger partial charge in [0.2, 0.25) is 0 Å². The van der Waals surface area contributed by atoms with E-state index in [1.54, 1.807) is 0 Å². The summed E-state index contributed by atoms with van der Waals surface area (Å²) < 4.78 is 107. The first-order chi connectivity index (χ1) is 11.2. The van der Waals surface area contributed by atoms with Crippen molar-refractivity contribution < 1.29 is 39.3 Å². The van der Waals surface area contributed by atoms with Crippen molar-refractivity contribution in [1.82, 2.24) is 5.32 Å². The third-order valence-corrected chi connectivity index (χ3v) is 4.15. The van der Waals surface area contributed by atoms with Crippen LogP contribution in [0.2, 0.25) is 0 Å². The van der Waals surface area contributed by atoms with Gasteiger partial charge in [0.1, 0.15) is 0 Å². The van der Waals surface area contributed by atoms with Crippen LogP contribution in [0, 0.1) is 0 Å². The van der Waals surface area contributed by atoms with Gasteiger partial charge in [-0.05, 0) is 20.5 Å². The van der Waals surface area contributed by atoms with E-state index in [-0.39, 0.29) is 6.42 Å². The molecule has 0 bridgehead atoms. The maximum Gasteiger partial charge on any atom is 0.437 e. The van der Waals surface area contributed by atoms with Crippen molar-refractivity contribution in [2.45, 2.75) is 75.4 Å². The van der Waals surface area contributed by atoms with Crippen LogP contribution in [0.1, 0.15) is 58.3 Å². The molecule has 0 atom stereocenters. The highest BCUT2D eigenvalue weighted by Crippen LogP contribution is 2.50. The number of halogens is 6. The summed E-state index contributed by atoms with van der Waals surface area (Å²) in [6, 6.07) is 0. The number of unbranched alkanes of at least 4 members (excludes halogenated alkanes) is 6. The molecule has 25 heavy (non-hydrogen) atoms. The van der Waals surface area contributed by atoms with Gasteiger partial charge in [-0.2, -0.15) is 34.8 Å². The number of nitrogens with one attached hydrogen (secondary N) is 1. The van der Waals surface area contributed by atoms with Crippen molar-refractivity contribution in [3.8, 4) is 0 Å². The predicted octanol–water partition coefficient (Wildman–Crippen LogP) is 4.71. The van der Waals surface area contributed by atoms with Crippen molar-refractivity contribution >= 4 is 10.1 Å². The molecule has 0 aliphatic carbocycles. The Hall–Kier alpha value is -0.550. The van der Waals surface area contributed by atoms with Gasteiger partial charge >= 0.3 is 27.2 Å². The van der Waals surface area contributed by atoms with Gasteiger partial charge in [0.15, 0.2) is 0 Å². The van der Waals surface area contributed by atoms with E-state index in [0.29, 0.717) is 6.42 Å². The molecule has 0 aliphatic rings. The van der Waals surface area contributed by atoms with Crippen LogP contribution in [0.4, 0.5) is 26.3 Å². The third-order valence-electron chi connectivity index (χ3n) is 3.24. The van der Waals surface area contributed by atoms with Crippen molar-refractivity contribution in [3.05, 3.63) is 0 Å². The van der Waals surface area contributed by atoms with Crippen LogP contribution in [0.15, 0.2) is 0 Å². The summed E-state index contributed by atoms with van der Waals surface area (Å²) in [6.07, 6.45) is 2.11. The smallest absolute Gasteiger partial charge is 0.323 e. The lowest BCUT2D eigenvalue weighted by molar-refractivity contribution is -0.282. The second-order valence-electron chi connectivity index (χ2n) is 5.64. The van der Waals surface area contributed by atoms with E-state index in [1.807, 2.05) is 21.0 Å². The quantitative estimate of drug-likeness (QED) is 0.298. The van der Waals surface area contributed by atoms with Gasteiger partial charge in [0.05, 0.1) is 0 Å². The first-order valence-corrected chi connectivity index (χ1v) is 9.35. The largest absolute Gasteiger partial charge is 0.437 e. The van der Waals surface area contributed by atoms with E-state index in [4.69, 9.17) is 4.55 Å². The molecule has 0 rings (SSSR count). The first kappa shape index (κ1) is 26.7. The fraction of sp³-hybridized carbons (Fsp3) is 1.00. The standard InChI is InChI=1S/C12H20F6O3S.C2H7N/c1-2-3-4-5-6-7-8-9-10(13,14)11(15,16)12(17,18)22(19,20)21;1-3-2/h2-9H2,1H3,(H,19,20,21);3H,1-2H3. The second kappa shape index (κ2) is 11.2. The first-order valence-electron chi connectivity index (χ1n) is 7.91. The molecule has 0 unspecified atom stereocenters. The molecule has 0 aromatic carbocycles. The second-order valence-corrected chi connectivity index (χ2v) is 7.10. The van der Waals surface area contributed by atoms with Crippen LogP contribution in [0.5, 0.6) is 0 Å². The van der Waals surface area contributed by atoms with Gasteiger partial charge in [0.25, 0.3) is 0 Å². The molecular formula is C14H27F6NO3S. The highest BCUT2D eigenvalue weighted by atomic mass is 32.2. The monoisotopic (exact) mass is 403 g/mol. The van der Waals surface area contributed by atoms with E-state index in [0.717, 1.165) is 25.7 Å². The number of alkyl halides is 6. The minimum absolute atomic E-state index is 0.146. The zero-order valence-electron chi connectivity index (χ0n) is 14.6. The molecule has 0 saturated heterocycles. The van der Waals surface area contributed by atoms with E-state index in [9.17, 15) is 34.8 Å². The maximum absolute atomic E-state index is 13.3. The van der Waals surface area contributed by atoms with Crippen molar-refractivity contribution in [3.63, 3.8) is 0 Å². The molecule has 0 aromatic heterocycles. The number of hydrogen-bond donors (Lipinski definition) is 2. The molecule has 0 amide bonds. The highest BCUT2D eigenvalue weighted by Gasteiger charge is 2.76. The predicted molar refractivity (Wildman–Crippen MR) is 84.0 cm³/mol. The molecule has 0 aromatic rings. The van der Waals surface area contributed by atoms with Gasteiger partial charge < -0.3 is 5.32 Å². The van der Waals surface area contributed by atoms with E-state index in [2.05, 4.69) is 5.32 Å². The topological polar surface area (TPSA) is 66.4 Å². The fourth-order valence-corrected chi connectivity index (χ4v) is 2.31. The molecule has 4 nitrogen and oxygen atoms in total. The zero-order chi connectivity index (χ0) is 20.4. The van der Waals surface area contributed by atoms with E-state index < -0.39 is 40.1 Å². The van der Waals surface area contributed by atoms with Gasteiger partial charge in [-0.15, -0.1) is 0 Å². The Kier molecular flexibility index (Phi) is 12.0. The van der Waals surface area contributed by atoms with Crippen LogP contribution in [0.3, 0.4) is 0 Å². The number of hydrogen-bond acceptors (Lipinski definition) is 3. The van der Waals surface area contributed by atoms with Crippen LogP contribution >= 0.6 is 0 Å². The minimum Gasteiger partial charge on any atom is -0.323 e. The maximum atomic E-state index is 13.3. The van der Waals surface area contributed by atoms with Crippen molar-refractivity contribution in [2.24, 2.45) is 0 Å². The van der Waals surface area contributed by atoms with Crippen LogP contribution in [-0.2, 0) is 10.1 Å². The summed E-state index contributed by atoms with van der Waals surface area (Å²) >= 11 is 0. The average Bonchev–Trinajstić information content (AvgIpc) is 2.45. The summed E-state index contributed by atoms with van der Waals surface area (Å²) in [5, 5.41) is -3.50. The molecular weight excluding hydrogens is 376 g/mol. The molecule has 0 radical (unpaired) electrons. The summed E-state index contributed by atoms with van der Waals surface area (Å²) in [5.74, 6) is -11.4. The van der Waals surface area contributed by atoms with E-state index in [1.165, 1.54) is 0 Å². The fourth-order valence-electron chi connectivity index (χ4n) is 1.84. The van der Waals surface area contributed by atoms with Crippen LogP contribution < -0.4 is 5.32 Å². The van der Waals surface area contributed by atoms with E-state index >= 15 is 0 Å². The van der Waals surface area contributed by atoms with Crippen molar-refractivity contribution in [1.29, 1.82) is 0 Å². The molecule has 0 fully saturated rings. The average molecular weight is 403 g/mol. The van der Waals surface area contributed by atoms with Crippen LogP contribution in [-0.4, -0.2) is 44.2 Å². The lowest BCUT2D eigenvalue weighted by Gasteiger charge is -2.30. The summed E-state index contributed by atoms with van der Waals surface area (Å²) in [4.78, 5) is 0. The molecule has 0 heterocycles. The molecule has 0 spiro atoms. The Bertz CT molecular complexity index is 457. The SMILES string of the molecule is CCCCCCCCCC(F)(F)C(F)(F)C(F)(F)S(=O)(=O)O.CNC. The Morgan fingerprint density at radius 2 is 1.20 bits per heavy atom. The molecule has 0 aliphatic heterocycles. The normalized spacial score (nSPS) is 13.4. The summed E-state index contributed by atoms with van der Waals surface area (Å²) in [5.41, 5.74) is 0. The summed E-state index contributed by atoms with van der Waals surface area (Å²) in [7, 11) is -2.90. The van der Waals surface area contributed by atoms with Gasteiger partial charge in [-0.3, -0.25) is 4.55 Å². The van der Waals surface area contributed by atoms with Crippen molar-refractivity contribution in [2.75, 3.05) is 14.1 Å². The Morgan fingerprint density at radius 3 is 1.56 bits per heavy atom. The lowest BCUT2D eigenvalue weighted by Crippen LogP contribution is -2.57. The van der Waals surface area contributed by atoms with Gasteiger partial charge in [-0.25, -0.2) is 0 Å². The Balaban J connectivity index is 0. The minimum atomic E-state index is -6.65. The van der Waals surface area contributed by atoms with Gasteiger partial charge in [0, 0.05) is 6.42 Å². The Morgan fingerprint density at radius 1 is 0.840 bits per heavy atom. The molecule has 11 heteroatoms. The molecule has 2 N–H and O–H groups in total. The highest BCUT2D eigenvalue weighted by molar-refractivity contribution is 7.87. The lowest BCUT2D eigenvalue weighted by atomic mass is 10.0. The van der Waals surface area contributed by atoms with Crippen LogP contribution in [0.25, 0.3) is 0 Å².